The van der Waals surface area contributed by atoms with Crippen LogP contribution in [0.5, 0.6) is 0 Å². The van der Waals surface area contributed by atoms with E-state index >= 15 is 0 Å². The van der Waals surface area contributed by atoms with Gasteiger partial charge in [-0.25, -0.2) is 4.98 Å². The van der Waals surface area contributed by atoms with Gasteiger partial charge in [0.15, 0.2) is 5.76 Å². The van der Waals surface area contributed by atoms with E-state index in [0.717, 1.165) is 26.1 Å². The van der Waals surface area contributed by atoms with Crippen LogP contribution < -0.4 is 5.32 Å². The van der Waals surface area contributed by atoms with Crippen LogP contribution >= 0.6 is 0 Å². The molecule has 0 radical (unpaired) electrons. The number of aromatic nitrogens is 2. The molecule has 3 aromatic heterocycles. The second-order valence-corrected chi connectivity index (χ2v) is 7.66. The van der Waals surface area contributed by atoms with E-state index in [1.54, 1.807) is 24.5 Å². The quantitative estimate of drug-likeness (QED) is 0.547. The van der Waals surface area contributed by atoms with Gasteiger partial charge in [-0.05, 0) is 37.1 Å². The van der Waals surface area contributed by atoms with Gasteiger partial charge >= 0.3 is 0 Å². The van der Waals surface area contributed by atoms with Crippen molar-refractivity contribution < 1.29 is 13.7 Å². The van der Waals surface area contributed by atoms with Crippen LogP contribution in [0, 0.1) is 6.92 Å². The molecule has 5 rings (SSSR count). The molecule has 0 saturated carbocycles. The Kier molecular flexibility index (Phi) is 4.80. The third kappa shape index (κ3) is 3.59. The zero-order valence-corrected chi connectivity index (χ0v) is 16.7. The van der Waals surface area contributed by atoms with E-state index in [9.17, 15) is 4.79 Å². The maximum absolute atomic E-state index is 13.2. The van der Waals surface area contributed by atoms with Crippen molar-refractivity contribution in [1.82, 2.24) is 20.4 Å². The lowest BCUT2D eigenvalue weighted by molar-refractivity contribution is 0.0939. The molecule has 1 N–H and O–H groups in total. The lowest BCUT2D eigenvalue weighted by Gasteiger charge is -2.17. The maximum Gasteiger partial charge on any atom is 0.259 e. The van der Waals surface area contributed by atoms with Crippen molar-refractivity contribution in [3.8, 4) is 11.5 Å². The predicted molar refractivity (Wildman–Crippen MR) is 112 cm³/mol. The molecular weight excluding hydrogens is 380 g/mol. The summed E-state index contributed by atoms with van der Waals surface area (Å²) >= 11 is 0. The summed E-state index contributed by atoms with van der Waals surface area (Å²) in [5.74, 6) is 0.433. The first kappa shape index (κ1) is 18.6. The number of likely N-dealkylation sites (tertiary alicyclic amines) is 1. The Morgan fingerprint density at radius 2 is 2.10 bits per heavy atom. The molecule has 1 fully saturated rings. The molecule has 4 aromatic rings. The highest BCUT2D eigenvalue weighted by Crippen LogP contribution is 2.27. The summed E-state index contributed by atoms with van der Waals surface area (Å²) in [5, 5.41) is 7.82. The second-order valence-electron chi connectivity index (χ2n) is 7.66. The van der Waals surface area contributed by atoms with Crippen LogP contribution in [0.25, 0.3) is 22.6 Å². The number of hydrogen-bond donors (Lipinski definition) is 1. The predicted octanol–water partition coefficient (Wildman–Crippen LogP) is 3.80. The molecule has 1 saturated heterocycles. The number of pyridine rings is 1. The Morgan fingerprint density at radius 1 is 1.23 bits per heavy atom. The minimum Gasteiger partial charge on any atom is -0.463 e. The molecule has 152 valence electrons. The number of amides is 1. The van der Waals surface area contributed by atoms with Crippen molar-refractivity contribution in [3.63, 3.8) is 0 Å². The van der Waals surface area contributed by atoms with Crippen molar-refractivity contribution in [1.29, 1.82) is 0 Å². The monoisotopic (exact) mass is 402 g/mol. The minimum absolute atomic E-state index is 0.0941. The van der Waals surface area contributed by atoms with E-state index in [0.29, 0.717) is 33.8 Å². The summed E-state index contributed by atoms with van der Waals surface area (Å²) in [6.07, 6.45) is 2.49. The molecule has 0 bridgehead atoms. The molecule has 1 amide bonds. The first-order valence-corrected chi connectivity index (χ1v) is 10.1. The molecule has 30 heavy (non-hydrogen) atoms. The Balaban J connectivity index is 1.35. The van der Waals surface area contributed by atoms with Gasteiger partial charge in [0.1, 0.15) is 5.69 Å². The number of hydrogen-bond acceptors (Lipinski definition) is 6. The Bertz CT molecular complexity index is 1170. The van der Waals surface area contributed by atoms with Crippen LogP contribution in [-0.2, 0) is 6.54 Å². The fourth-order valence-corrected chi connectivity index (χ4v) is 4.02. The van der Waals surface area contributed by atoms with Gasteiger partial charge in [0.05, 0.1) is 22.9 Å². The van der Waals surface area contributed by atoms with Crippen LogP contribution in [0.3, 0.4) is 0 Å². The number of nitrogens with zero attached hydrogens (tertiary/aromatic N) is 3. The number of aryl methyl sites for hydroxylation is 1. The van der Waals surface area contributed by atoms with E-state index in [1.807, 2.05) is 13.0 Å². The summed E-state index contributed by atoms with van der Waals surface area (Å²) < 4.78 is 10.8. The first-order valence-electron chi connectivity index (χ1n) is 10.1. The number of benzene rings is 1. The molecule has 1 aliphatic rings. The topological polar surface area (TPSA) is 84.4 Å². The third-order valence-electron chi connectivity index (χ3n) is 5.49. The van der Waals surface area contributed by atoms with E-state index in [1.165, 1.54) is 5.56 Å². The minimum atomic E-state index is -0.145. The number of nitrogens with one attached hydrogen (secondary N) is 1. The fraction of sp³-hybridized carbons (Fsp3) is 0.261. The van der Waals surface area contributed by atoms with Crippen molar-refractivity contribution in [2.24, 2.45) is 0 Å². The molecule has 0 aliphatic carbocycles. The van der Waals surface area contributed by atoms with Gasteiger partial charge in [0, 0.05) is 25.7 Å². The molecule has 1 aromatic carbocycles. The molecule has 1 atom stereocenters. The Hall–Kier alpha value is -3.45. The van der Waals surface area contributed by atoms with Crippen molar-refractivity contribution in [2.75, 3.05) is 13.1 Å². The SMILES string of the molecule is Cc1noc2nc(-c3ccco3)cc(C(=O)NC3CCN(Cc4ccccc4)C3)c12. The molecule has 7 heteroatoms. The van der Waals surface area contributed by atoms with Crippen LogP contribution in [0.15, 0.2) is 63.7 Å². The highest BCUT2D eigenvalue weighted by atomic mass is 16.5. The van der Waals surface area contributed by atoms with Crippen LogP contribution in [0.1, 0.15) is 28.0 Å². The van der Waals surface area contributed by atoms with E-state index < -0.39 is 0 Å². The average Bonchev–Trinajstić information content (AvgIpc) is 3.51. The molecule has 0 spiro atoms. The standard InChI is InChI=1S/C23H22N4O3/c1-15-21-18(12-19(20-8-5-11-29-20)25-23(21)30-26-15)22(28)24-17-9-10-27(14-17)13-16-6-3-2-4-7-16/h2-8,11-12,17H,9-10,13-14H2,1H3,(H,24,28). The third-order valence-corrected chi connectivity index (χ3v) is 5.49. The van der Waals surface area contributed by atoms with Gasteiger partial charge < -0.3 is 14.3 Å². The lowest BCUT2D eigenvalue weighted by atomic mass is 10.1. The van der Waals surface area contributed by atoms with E-state index in [4.69, 9.17) is 8.94 Å². The van der Waals surface area contributed by atoms with Gasteiger partial charge in [0.2, 0.25) is 0 Å². The Morgan fingerprint density at radius 3 is 2.90 bits per heavy atom. The number of furan rings is 1. The number of rotatable bonds is 5. The normalized spacial score (nSPS) is 16.9. The van der Waals surface area contributed by atoms with Gasteiger partial charge in [-0.3, -0.25) is 9.69 Å². The zero-order chi connectivity index (χ0) is 20.5. The summed E-state index contributed by atoms with van der Waals surface area (Å²) in [6, 6.07) is 15.8. The fourth-order valence-electron chi connectivity index (χ4n) is 4.02. The second kappa shape index (κ2) is 7.76. The van der Waals surface area contributed by atoms with Crippen molar-refractivity contribution >= 4 is 17.0 Å². The van der Waals surface area contributed by atoms with Gasteiger partial charge in [-0.2, -0.15) is 0 Å². The lowest BCUT2D eigenvalue weighted by Crippen LogP contribution is -2.37. The summed E-state index contributed by atoms with van der Waals surface area (Å²) in [5.41, 5.74) is 3.32. The van der Waals surface area contributed by atoms with E-state index in [-0.39, 0.29) is 11.9 Å². The van der Waals surface area contributed by atoms with Crippen LogP contribution in [-0.4, -0.2) is 40.1 Å². The first-order chi connectivity index (χ1) is 14.7. The van der Waals surface area contributed by atoms with Gasteiger partial charge in [0.25, 0.3) is 11.6 Å². The van der Waals surface area contributed by atoms with Crippen molar-refractivity contribution in [3.05, 3.63) is 71.6 Å². The number of fused-ring (bicyclic) bond motifs is 1. The summed E-state index contributed by atoms with van der Waals surface area (Å²) in [4.78, 5) is 20.0. The largest absolute Gasteiger partial charge is 0.463 e. The smallest absolute Gasteiger partial charge is 0.259 e. The van der Waals surface area contributed by atoms with Crippen molar-refractivity contribution in [2.45, 2.75) is 25.9 Å². The number of carbonyl (C=O) groups is 1. The molecule has 7 nitrogen and oxygen atoms in total. The molecule has 1 aliphatic heterocycles. The van der Waals surface area contributed by atoms with Crippen LogP contribution in [0.4, 0.5) is 0 Å². The van der Waals surface area contributed by atoms with Gasteiger partial charge in [-0.1, -0.05) is 35.5 Å². The average molecular weight is 402 g/mol. The summed E-state index contributed by atoms with van der Waals surface area (Å²) in [7, 11) is 0. The maximum atomic E-state index is 13.2. The molecule has 4 heterocycles. The zero-order valence-electron chi connectivity index (χ0n) is 16.7. The highest BCUT2D eigenvalue weighted by molar-refractivity contribution is 6.07. The highest BCUT2D eigenvalue weighted by Gasteiger charge is 2.26. The van der Waals surface area contributed by atoms with Crippen LogP contribution in [0.2, 0.25) is 0 Å². The summed E-state index contributed by atoms with van der Waals surface area (Å²) in [6.45, 7) is 4.48. The Labute approximate surface area is 173 Å². The number of carbonyl (C=O) groups excluding carboxylic acids is 1. The van der Waals surface area contributed by atoms with Gasteiger partial charge in [-0.15, -0.1) is 0 Å². The molecule has 1 unspecified atom stereocenters. The van der Waals surface area contributed by atoms with E-state index in [2.05, 4.69) is 44.6 Å². The molecular formula is C23H22N4O3.